The third-order valence-electron chi connectivity index (χ3n) is 4.03. The van der Waals surface area contributed by atoms with Crippen LogP contribution in [0.4, 0.5) is 10.1 Å². The highest BCUT2D eigenvalue weighted by Gasteiger charge is 2.14. The van der Waals surface area contributed by atoms with Crippen molar-refractivity contribution in [3.05, 3.63) is 29.6 Å². The molecule has 0 saturated carbocycles. The van der Waals surface area contributed by atoms with Crippen molar-refractivity contribution in [1.82, 2.24) is 5.32 Å². The van der Waals surface area contributed by atoms with E-state index in [1.165, 1.54) is 32.1 Å². The predicted molar refractivity (Wildman–Crippen MR) is 88.3 cm³/mol. The lowest BCUT2D eigenvalue weighted by atomic mass is 10.1. The monoisotopic (exact) mass is 292 g/mol. The third kappa shape index (κ3) is 5.31. The lowest BCUT2D eigenvalue weighted by molar-refractivity contribution is 0.423. The van der Waals surface area contributed by atoms with Crippen molar-refractivity contribution < 1.29 is 4.39 Å². The van der Waals surface area contributed by atoms with Gasteiger partial charge in [0.05, 0.1) is 5.69 Å². The van der Waals surface area contributed by atoms with E-state index in [1.807, 2.05) is 6.07 Å². The van der Waals surface area contributed by atoms with E-state index in [0.29, 0.717) is 6.54 Å². The normalized spacial score (nSPS) is 17.4. The summed E-state index contributed by atoms with van der Waals surface area (Å²) in [6.07, 6.45) is 6.21. The minimum atomic E-state index is -0.0798. The molecule has 1 aliphatic heterocycles. The van der Waals surface area contributed by atoms with Crippen LogP contribution in [0.2, 0.25) is 0 Å². The van der Waals surface area contributed by atoms with Crippen LogP contribution in [0.15, 0.2) is 18.2 Å². The van der Waals surface area contributed by atoms with Crippen LogP contribution in [0.1, 0.15) is 58.4 Å². The summed E-state index contributed by atoms with van der Waals surface area (Å²) in [5, 5.41) is 3.40. The highest BCUT2D eigenvalue weighted by atomic mass is 19.1. The molecule has 0 aliphatic carbocycles. The van der Waals surface area contributed by atoms with Crippen LogP contribution in [-0.2, 0) is 6.54 Å². The molecular weight excluding hydrogens is 263 g/mol. The maximum absolute atomic E-state index is 14.4. The van der Waals surface area contributed by atoms with Crippen LogP contribution in [0.3, 0.4) is 0 Å². The minimum absolute atomic E-state index is 0.0538. The number of hydrogen-bond acceptors (Lipinski definition) is 2. The molecule has 0 aromatic heterocycles. The predicted octanol–water partition coefficient (Wildman–Crippen LogP) is 4.48. The zero-order chi connectivity index (χ0) is 15.3. The van der Waals surface area contributed by atoms with Crippen LogP contribution in [0.25, 0.3) is 0 Å². The molecule has 21 heavy (non-hydrogen) atoms. The number of benzene rings is 1. The summed E-state index contributed by atoms with van der Waals surface area (Å²) < 4.78 is 14.4. The number of nitrogens with one attached hydrogen (secondary N) is 1. The molecule has 1 fully saturated rings. The second-order valence-corrected chi connectivity index (χ2v) is 7.14. The fourth-order valence-electron chi connectivity index (χ4n) is 2.77. The molecule has 0 amide bonds. The second-order valence-electron chi connectivity index (χ2n) is 7.14. The highest BCUT2D eigenvalue weighted by molar-refractivity contribution is 5.49. The molecular formula is C18H29FN2. The van der Waals surface area contributed by atoms with Gasteiger partial charge in [0.25, 0.3) is 0 Å². The molecule has 1 N–H and O–H groups in total. The van der Waals surface area contributed by atoms with Gasteiger partial charge in [-0.25, -0.2) is 4.39 Å². The van der Waals surface area contributed by atoms with Gasteiger partial charge in [0.15, 0.2) is 0 Å². The van der Waals surface area contributed by atoms with Crippen molar-refractivity contribution in [2.75, 3.05) is 18.0 Å². The van der Waals surface area contributed by atoms with E-state index in [1.54, 1.807) is 6.07 Å². The van der Waals surface area contributed by atoms with Crippen molar-refractivity contribution in [2.45, 2.75) is 65.0 Å². The number of halogens is 1. The third-order valence-corrected chi connectivity index (χ3v) is 4.03. The molecule has 0 bridgehead atoms. The first kappa shape index (κ1) is 16.3. The first-order valence-corrected chi connectivity index (χ1v) is 8.24. The maximum Gasteiger partial charge on any atom is 0.146 e. The molecule has 2 nitrogen and oxygen atoms in total. The standard InChI is InChI=1S/C18H29FN2/c1-18(2,3)20-14-15-9-10-17(16(19)13-15)21-11-7-5-4-6-8-12-21/h9-10,13,20H,4-8,11-12,14H2,1-3H3. The van der Waals surface area contributed by atoms with Gasteiger partial charge in [-0.15, -0.1) is 0 Å². The Morgan fingerprint density at radius 2 is 1.67 bits per heavy atom. The molecule has 0 spiro atoms. The van der Waals surface area contributed by atoms with Gasteiger partial charge in [0, 0.05) is 25.2 Å². The smallest absolute Gasteiger partial charge is 0.146 e. The van der Waals surface area contributed by atoms with E-state index in [9.17, 15) is 4.39 Å². The van der Waals surface area contributed by atoms with E-state index < -0.39 is 0 Å². The molecule has 2 rings (SSSR count). The van der Waals surface area contributed by atoms with Crippen LogP contribution < -0.4 is 10.2 Å². The highest BCUT2D eigenvalue weighted by Crippen LogP contribution is 2.23. The molecule has 118 valence electrons. The lowest BCUT2D eigenvalue weighted by Gasteiger charge is -2.27. The molecule has 0 radical (unpaired) electrons. The van der Waals surface area contributed by atoms with Gasteiger partial charge in [-0.1, -0.05) is 25.3 Å². The Labute approximate surface area is 128 Å². The number of nitrogens with zero attached hydrogens (tertiary/aromatic N) is 1. The van der Waals surface area contributed by atoms with Gasteiger partial charge in [0.1, 0.15) is 5.82 Å². The first-order chi connectivity index (χ1) is 9.96. The average molecular weight is 292 g/mol. The number of rotatable bonds is 3. The zero-order valence-electron chi connectivity index (χ0n) is 13.7. The van der Waals surface area contributed by atoms with E-state index in [0.717, 1.165) is 24.3 Å². The summed E-state index contributed by atoms with van der Waals surface area (Å²) in [6.45, 7) is 9.04. The van der Waals surface area contributed by atoms with E-state index >= 15 is 0 Å². The summed E-state index contributed by atoms with van der Waals surface area (Å²) in [6, 6.07) is 5.69. The summed E-state index contributed by atoms with van der Waals surface area (Å²) in [4.78, 5) is 2.22. The Kier molecular flexibility index (Phi) is 5.63. The Bertz CT molecular complexity index is 443. The molecule has 0 unspecified atom stereocenters. The SMILES string of the molecule is CC(C)(C)NCc1ccc(N2CCCCCCC2)c(F)c1. The Balaban J connectivity index is 2.03. The van der Waals surface area contributed by atoms with Crippen LogP contribution in [0, 0.1) is 5.82 Å². The van der Waals surface area contributed by atoms with Crippen LogP contribution in [-0.4, -0.2) is 18.6 Å². The van der Waals surface area contributed by atoms with Crippen LogP contribution in [0.5, 0.6) is 0 Å². The fraction of sp³-hybridized carbons (Fsp3) is 0.667. The molecule has 3 heteroatoms. The van der Waals surface area contributed by atoms with Gasteiger partial charge in [-0.3, -0.25) is 0 Å². The number of hydrogen-bond donors (Lipinski definition) is 1. The molecule has 1 aromatic rings. The van der Waals surface area contributed by atoms with Gasteiger partial charge < -0.3 is 10.2 Å². The fourth-order valence-corrected chi connectivity index (χ4v) is 2.77. The van der Waals surface area contributed by atoms with E-state index in [-0.39, 0.29) is 11.4 Å². The Morgan fingerprint density at radius 1 is 1.05 bits per heavy atom. The summed E-state index contributed by atoms with van der Waals surface area (Å²) in [7, 11) is 0. The van der Waals surface area contributed by atoms with Crippen molar-refractivity contribution in [2.24, 2.45) is 0 Å². The van der Waals surface area contributed by atoms with Crippen molar-refractivity contribution in [3.63, 3.8) is 0 Å². The molecule has 1 saturated heterocycles. The Hall–Kier alpha value is -1.09. The number of anilines is 1. The second kappa shape index (κ2) is 7.26. The van der Waals surface area contributed by atoms with Crippen molar-refractivity contribution >= 4 is 5.69 Å². The van der Waals surface area contributed by atoms with Gasteiger partial charge in [-0.05, 0) is 51.3 Å². The molecule has 1 heterocycles. The lowest BCUT2D eigenvalue weighted by Crippen LogP contribution is -2.35. The molecule has 1 aliphatic rings. The largest absolute Gasteiger partial charge is 0.369 e. The minimum Gasteiger partial charge on any atom is -0.369 e. The van der Waals surface area contributed by atoms with E-state index in [4.69, 9.17) is 0 Å². The van der Waals surface area contributed by atoms with Crippen LogP contribution >= 0.6 is 0 Å². The quantitative estimate of drug-likeness (QED) is 0.883. The van der Waals surface area contributed by atoms with Crippen molar-refractivity contribution in [1.29, 1.82) is 0 Å². The zero-order valence-corrected chi connectivity index (χ0v) is 13.7. The first-order valence-electron chi connectivity index (χ1n) is 8.24. The van der Waals surface area contributed by atoms with Gasteiger partial charge >= 0.3 is 0 Å². The molecule has 1 aromatic carbocycles. The van der Waals surface area contributed by atoms with Gasteiger partial charge in [0.2, 0.25) is 0 Å². The Morgan fingerprint density at radius 3 is 2.24 bits per heavy atom. The van der Waals surface area contributed by atoms with Crippen molar-refractivity contribution in [3.8, 4) is 0 Å². The van der Waals surface area contributed by atoms with Gasteiger partial charge in [-0.2, -0.15) is 0 Å². The molecule has 0 atom stereocenters. The topological polar surface area (TPSA) is 15.3 Å². The summed E-state index contributed by atoms with van der Waals surface area (Å²) in [5.41, 5.74) is 1.84. The average Bonchev–Trinajstić information content (AvgIpc) is 2.36. The summed E-state index contributed by atoms with van der Waals surface area (Å²) >= 11 is 0. The van der Waals surface area contributed by atoms with E-state index in [2.05, 4.69) is 37.1 Å². The maximum atomic E-state index is 14.4. The summed E-state index contributed by atoms with van der Waals surface area (Å²) in [5.74, 6) is -0.0798.